The van der Waals surface area contributed by atoms with E-state index in [0.29, 0.717) is 5.75 Å². The fraction of sp³-hybridized carbons (Fsp3) is 0.455. The summed E-state index contributed by atoms with van der Waals surface area (Å²) in [5, 5.41) is 0. The third kappa shape index (κ3) is 4.88. The summed E-state index contributed by atoms with van der Waals surface area (Å²) in [6.07, 6.45) is 0. The third-order valence-corrected chi connectivity index (χ3v) is 5.21. The molecule has 1 saturated heterocycles. The van der Waals surface area contributed by atoms with Gasteiger partial charge in [0.1, 0.15) is 11.5 Å². The molecule has 2 aromatic carbocycles. The summed E-state index contributed by atoms with van der Waals surface area (Å²) in [5.41, 5.74) is 2.43. The second-order valence-corrected chi connectivity index (χ2v) is 6.92. The van der Waals surface area contributed by atoms with Gasteiger partial charge >= 0.3 is 0 Å². The molecule has 0 N–H and O–H groups in total. The Morgan fingerprint density at radius 3 is 1.71 bits per heavy atom. The Hall–Kier alpha value is -2.44. The molecule has 1 aliphatic rings. The average molecular weight is 386 g/mol. The Labute approximate surface area is 167 Å². The number of benzene rings is 2. The molecular formula is C22H30N2O4. The fourth-order valence-electron chi connectivity index (χ4n) is 3.55. The lowest BCUT2D eigenvalue weighted by molar-refractivity contribution is 0.121. The van der Waals surface area contributed by atoms with Crippen LogP contribution in [0, 0.1) is 0 Å². The van der Waals surface area contributed by atoms with Crippen LogP contribution in [0.4, 0.5) is 0 Å². The SMILES string of the molecule is COc1ccc(CN2CCN(Cc3cc(OC)c(OC)cc3OC)CC2)cc1. The van der Waals surface area contributed by atoms with Gasteiger partial charge < -0.3 is 18.9 Å². The van der Waals surface area contributed by atoms with E-state index in [4.69, 9.17) is 18.9 Å². The number of hydrogen-bond donors (Lipinski definition) is 0. The normalized spacial score (nSPS) is 15.3. The first kappa shape index (κ1) is 20.3. The summed E-state index contributed by atoms with van der Waals surface area (Å²) in [6, 6.07) is 12.2. The maximum atomic E-state index is 5.56. The van der Waals surface area contributed by atoms with E-state index in [1.807, 2.05) is 24.3 Å². The Morgan fingerprint density at radius 1 is 0.643 bits per heavy atom. The van der Waals surface area contributed by atoms with Crippen LogP contribution in [0.15, 0.2) is 36.4 Å². The minimum absolute atomic E-state index is 0.687. The first-order chi connectivity index (χ1) is 13.7. The third-order valence-electron chi connectivity index (χ3n) is 5.21. The Bertz CT molecular complexity index is 756. The Balaban J connectivity index is 1.57. The van der Waals surface area contributed by atoms with Gasteiger partial charge in [-0.3, -0.25) is 9.80 Å². The highest BCUT2D eigenvalue weighted by atomic mass is 16.5. The molecule has 0 bridgehead atoms. The molecule has 3 rings (SSSR count). The van der Waals surface area contributed by atoms with Crippen LogP contribution in [-0.4, -0.2) is 64.4 Å². The lowest BCUT2D eigenvalue weighted by Gasteiger charge is -2.35. The van der Waals surface area contributed by atoms with E-state index in [-0.39, 0.29) is 0 Å². The van der Waals surface area contributed by atoms with Crippen molar-refractivity contribution in [2.75, 3.05) is 54.6 Å². The predicted octanol–water partition coefficient (Wildman–Crippen LogP) is 3.04. The zero-order valence-corrected chi connectivity index (χ0v) is 17.2. The molecule has 0 amide bonds. The van der Waals surface area contributed by atoms with Crippen molar-refractivity contribution in [1.29, 1.82) is 0 Å². The van der Waals surface area contributed by atoms with Gasteiger partial charge in [0.2, 0.25) is 0 Å². The van der Waals surface area contributed by atoms with Crippen LogP contribution in [0.2, 0.25) is 0 Å². The number of hydrogen-bond acceptors (Lipinski definition) is 6. The molecular weight excluding hydrogens is 356 g/mol. The summed E-state index contributed by atoms with van der Waals surface area (Å²) < 4.78 is 21.6. The summed E-state index contributed by atoms with van der Waals surface area (Å²) in [6.45, 7) is 5.93. The molecule has 6 heteroatoms. The molecule has 1 heterocycles. The fourth-order valence-corrected chi connectivity index (χ4v) is 3.55. The molecule has 1 fully saturated rings. The molecule has 28 heavy (non-hydrogen) atoms. The van der Waals surface area contributed by atoms with Crippen molar-refractivity contribution in [3.05, 3.63) is 47.5 Å². The van der Waals surface area contributed by atoms with Gasteiger partial charge in [0.05, 0.1) is 28.4 Å². The van der Waals surface area contributed by atoms with Crippen molar-refractivity contribution in [3.8, 4) is 23.0 Å². The molecule has 6 nitrogen and oxygen atoms in total. The van der Waals surface area contributed by atoms with E-state index in [1.54, 1.807) is 28.4 Å². The second kappa shape index (κ2) is 9.66. The van der Waals surface area contributed by atoms with Crippen molar-refractivity contribution in [2.45, 2.75) is 13.1 Å². The molecule has 0 aromatic heterocycles. The predicted molar refractivity (Wildman–Crippen MR) is 110 cm³/mol. The van der Waals surface area contributed by atoms with Crippen LogP contribution in [0.3, 0.4) is 0 Å². The van der Waals surface area contributed by atoms with Crippen LogP contribution in [0.5, 0.6) is 23.0 Å². The van der Waals surface area contributed by atoms with Gasteiger partial charge in [0.15, 0.2) is 11.5 Å². The monoisotopic (exact) mass is 386 g/mol. The van der Waals surface area contributed by atoms with Gasteiger partial charge in [-0.25, -0.2) is 0 Å². The smallest absolute Gasteiger partial charge is 0.164 e. The molecule has 0 aliphatic carbocycles. The van der Waals surface area contributed by atoms with Gasteiger partial charge in [-0.2, -0.15) is 0 Å². The highest BCUT2D eigenvalue weighted by Crippen LogP contribution is 2.35. The van der Waals surface area contributed by atoms with Crippen LogP contribution in [0.1, 0.15) is 11.1 Å². The minimum atomic E-state index is 0.687. The standard InChI is InChI=1S/C22H30N2O4/c1-25-19-7-5-17(6-8-19)15-23-9-11-24(12-10-23)16-18-13-21(27-3)22(28-4)14-20(18)26-2/h5-8,13-14H,9-12,15-16H2,1-4H3. The van der Waals surface area contributed by atoms with E-state index in [0.717, 1.165) is 62.1 Å². The van der Waals surface area contributed by atoms with Crippen molar-refractivity contribution >= 4 is 0 Å². The van der Waals surface area contributed by atoms with E-state index in [2.05, 4.69) is 21.9 Å². The van der Waals surface area contributed by atoms with Crippen molar-refractivity contribution in [2.24, 2.45) is 0 Å². The average Bonchev–Trinajstić information content (AvgIpc) is 2.75. The maximum Gasteiger partial charge on any atom is 0.164 e. The van der Waals surface area contributed by atoms with Crippen molar-refractivity contribution in [3.63, 3.8) is 0 Å². The zero-order chi connectivity index (χ0) is 19.9. The molecule has 2 aromatic rings. The summed E-state index contributed by atoms with van der Waals surface area (Å²) in [5.74, 6) is 3.15. The van der Waals surface area contributed by atoms with Crippen LogP contribution in [-0.2, 0) is 13.1 Å². The number of nitrogens with zero attached hydrogens (tertiary/aromatic N) is 2. The van der Waals surface area contributed by atoms with E-state index in [1.165, 1.54) is 5.56 Å². The van der Waals surface area contributed by atoms with Gasteiger partial charge in [-0.1, -0.05) is 12.1 Å². The van der Waals surface area contributed by atoms with Crippen LogP contribution >= 0.6 is 0 Å². The largest absolute Gasteiger partial charge is 0.497 e. The van der Waals surface area contributed by atoms with E-state index in [9.17, 15) is 0 Å². The lowest BCUT2D eigenvalue weighted by atomic mass is 10.1. The minimum Gasteiger partial charge on any atom is -0.497 e. The molecule has 0 saturated carbocycles. The highest BCUT2D eigenvalue weighted by molar-refractivity contribution is 5.50. The van der Waals surface area contributed by atoms with Crippen LogP contribution in [0.25, 0.3) is 0 Å². The molecule has 0 atom stereocenters. The lowest BCUT2D eigenvalue weighted by Crippen LogP contribution is -2.45. The van der Waals surface area contributed by atoms with Crippen LogP contribution < -0.4 is 18.9 Å². The summed E-state index contributed by atoms with van der Waals surface area (Å²) in [7, 11) is 6.68. The van der Waals surface area contributed by atoms with Gasteiger partial charge in [0, 0.05) is 50.9 Å². The maximum absolute atomic E-state index is 5.56. The molecule has 0 radical (unpaired) electrons. The number of piperazine rings is 1. The molecule has 152 valence electrons. The van der Waals surface area contributed by atoms with Gasteiger partial charge in [-0.15, -0.1) is 0 Å². The second-order valence-electron chi connectivity index (χ2n) is 6.92. The van der Waals surface area contributed by atoms with Gasteiger partial charge in [0.25, 0.3) is 0 Å². The number of methoxy groups -OCH3 is 4. The quantitative estimate of drug-likeness (QED) is 0.695. The highest BCUT2D eigenvalue weighted by Gasteiger charge is 2.20. The topological polar surface area (TPSA) is 43.4 Å². The summed E-state index contributed by atoms with van der Waals surface area (Å²) >= 11 is 0. The van der Waals surface area contributed by atoms with E-state index >= 15 is 0 Å². The van der Waals surface area contributed by atoms with E-state index < -0.39 is 0 Å². The molecule has 1 aliphatic heterocycles. The van der Waals surface area contributed by atoms with Crippen molar-refractivity contribution in [1.82, 2.24) is 9.80 Å². The first-order valence-corrected chi connectivity index (χ1v) is 9.53. The molecule has 0 spiro atoms. The first-order valence-electron chi connectivity index (χ1n) is 9.53. The summed E-state index contributed by atoms with van der Waals surface area (Å²) in [4.78, 5) is 4.94. The number of rotatable bonds is 8. The molecule has 0 unspecified atom stereocenters. The Morgan fingerprint density at radius 2 is 1.18 bits per heavy atom. The van der Waals surface area contributed by atoms with Crippen molar-refractivity contribution < 1.29 is 18.9 Å². The van der Waals surface area contributed by atoms with Gasteiger partial charge in [-0.05, 0) is 23.8 Å². The number of ether oxygens (including phenoxy) is 4. The zero-order valence-electron chi connectivity index (χ0n) is 17.2. The Kier molecular flexibility index (Phi) is 7.01.